The molecule has 3 heterocycles. The average Bonchev–Trinajstić information content (AvgIpc) is 3.21. The van der Waals surface area contributed by atoms with Gasteiger partial charge >= 0.3 is 0 Å². The molecule has 0 saturated carbocycles. The fourth-order valence-electron chi connectivity index (χ4n) is 4.41. The number of benzene rings is 3. The summed E-state index contributed by atoms with van der Waals surface area (Å²) in [5.74, 6) is -0.226. The molecule has 3 aromatic carbocycles. The molecule has 0 bridgehead atoms. The number of hydrogen-bond donors (Lipinski definition) is 3. The van der Waals surface area contributed by atoms with E-state index in [2.05, 4.69) is 54.6 Å². The second kappa shape index (κ2) is 6.06. The molecule has 1 unspecified atom stereocenters. The van der Waals surface area contributed by atoms with Crippen LogP contribution >= 0.6 is 15.9 Å². The number of para-hydroxylation sites is 1. The normalized spacial score (nSPS) is 15.1. The Balaban J connectivity index is 1.77. The number of aromatic nitrogens is 3. The van der Waals surface area contributed by atoms with Crippen LogP contribution in [0.5, 0.6) is 0 Å². The first-order valence-corrected chi connectivity index (χ1v) is 10.1. The molecule has 5 nitrogen and oxygen atoms in total. The molecule has 0 radical (unpaired) electrons. The molecule has 140 valence electrons. The van der Waals surface area contributed by atoms with Gasteiger partial charge in [-0.2, -0.15) is 5.10 Å². The van der Waals surface area contributed by atoms with Crippen LogP contribution in [0.4, 0.5) is 11.4 Å². The summed E-state index contributed by atoms with van der Waals surface area (Å²) in [4.78, 5) is 16.4. The molecule has 3 N–H and O–H groups in total. The zero-order valence-electron chi connectivity index (χ0n) is 15.2. The molecule has 1 aliphatic rings. The summed E-state index contributed by atoms with van der Waals surface area (Å²) in [6, 6.07) is 20.1. The fourth-order valence-corrected chi connectivity index (χ4v) is 4.83. The average molecular weight is 443 g/mol. The van der Waals surface area contributed by atoms with Crippen molar-refractivity contribution < 1.29 is 0 Å². The van der Waals surface area contributed by atoms with Crippen molar-refractivity contribution in [2.24, 2.45) is 0 Å². The van der Waals surface area contributed by atoms with Gasteiger partial charge in [-0.15, -0.1) is 0 Å². The summed E-state index contributed by atoms with van der Waals surface area (Å²) in [5.41, 5.74) is 6.32. The van der Waals surface area contributed by atoms with Crippen LogP contribution < -0.4 is 10.9 Å². The monoisotopic (exact) mass is 442 g/mol. The maximum atomic E-state index is 13.3. The second-order valence-electron chi connectivity index (χ2n) is 7.26. The predicted octanol–water partition coefficient (Wildman–Crippen LogP) is 5.40. The Morgan fingerprint density at radius 1 is 0.966 bits per heavy atom. The lowest BCUT2D eigenvalue weighted by Gasteiger charge is -2.30. The van der Waals surface area contributed by atoms with Crippen LogP contribution in [0.3, 0.4) is 0 Å². The Bertz CT molecular complexity index is 1480. The van der Waals surface area contributed by atoms with Gasteiger partial charge in [0, 0.05) is 32.4 Å². The molecule has 6 rings (SSSR count). The largest absolute Gasteiger partial charge is 0.354 e. The zero-order chi connectivity index (χ0) is 19.5. The topological polar surface area (TPSA) is 73.6 Å². The Kier molecular flexibility index (Phi) is 3.46. The molecule has 0 aliphatic carbocycles. The molecule has 5 aromatic rings. The zero-order valence-corrected chi connectivity index (χ0v) is 16.7. The number of anilines is 2. The Labute approximate surface area is 173 Å². The highest BCUT2D eigenvalue weighted by Gasteiger charge is 2.33. The van der Waals surface area contributed by atoms with Crippen molar-refractivity contribution in [2.75, 3.05) is 5.32 Å². The second-order valence-corrected chi connectivity index (χ2v) is 8.18. The lowest BCUT2D eigenvalue weighted by atomic mass is 9.80. The van der Waals surface area contributed by atoms with Gasteiger partial charge in [-0.1, -0.05) is 46.3 Å². The predicted molar refractivity (Wildman–Crippen MR) is 119 cm³/mol. The van der Waals surface area contributed by atoms with E-state index in [1.165, 1.54) is 0 Å². The van der Waals surface area contributed by atoms with Gasteiger partial charge in [-0.25, -0.2) is 0 Å². The van der Waals surface area contributed by atoms with Gasteiger partial charge in [0.15, 0.2) is 0 Å². The van der Waals surface area contributed by atoms with E-state index in [1.54, 1.807) is 0 Å². The van der Waals surface area contributed by atoms with Crippen molar-refractivity contribution >= 4 is 49.1 Å². The van der Waals surface area contributed by atoms with Crippen LogP contribution in [0.2, 0.25) is 0 Å². The van der Waals surface area contributed by atoms with Crippen molar-refractivity contribution in [3.8, 4) is 0 Å². The SMILES string of the molecule is O=c1[nH]c2ccccc2c2c1C(c1cccc(Br)c1)c1c(ccc3cn[nH]c13)N2. The number of pyridine rings is 1. The Morgan fingerprint density at radius 2 is 1.86 bits per heavy atom. The molecule has 2 aromatic heterocycles. The lowest BCUT2D eigenvalue weighted by Crippen LogP contribution is -2.25. The fraction of sp³-hybridized carbons (Fsp3) is 0.0435. The highest BCUT2D eigenvalue weighted by atomic mass is 79.9. The molecule has 6 heteroatoms. The number of rotatable bonds is 1. The van der Waals surface area contributed by atoms with E-state index in [1.807, 2.05) is 48.7 Å². The van der Waals surface area contributed by atoms with E-state index in [-0.39, 0.29) is 11.5 Å². The number of H-pyrrole nitrogens is 2. The molecule has 0 amide bonds. The summed E-state index contributed by atoms with van der Waals surface area (Å²) < 4.78 is 0.977. The van der Waals surface area contributed by atoms with Crippen molar-refractivity contribution in [3.63, 3.8) is 0 Å². The van der Waals surface area contributed by atoms with Crippen LogP contribution in [0, 0.1) is 0 Å². The summed E-state index contributed by atoms with van der Waals surface area (Å²) >= 11 is 3.59. The molecule has 1 aliphatic heterocycles. The van der Waals surface area contributed by atoms with Gasteiger partial charge in [-0.05, 0) is 35.9 Å². The van der Waals surface area contributed by atoms with Crippen molar-refractivity contribution in [1.29, 1.82) is 0 Å². The summed E-state index contributed by atoms with van der Waals surface area (Å²) in [5, 5.41) is 12.9. The molecule has 1 atom stereocenters. The Hall–Kier alpha value is -3.38. The van der Waals surface area contributed by atoms with Crippen molar-refractivity contribution in [2.45, 2.75) is 5.92 Å². The number of hydrogen-bond acceptors (Lipinski definition) is 3. The van der Waals surface area contributed by atoms with Crippen molar-refractivity contribution in [3.05, 3.63) is 98.4 Å². The minimum absolute atomic E-state index is 0.0849. The molecule has 0 spiro atoms. The molecule has 29 heavy (non-hydrogen) atoms. The third-order valence-corrected chi connectivity index (χ3v) is 6.13. The van der Waals surface area contributed by atoms with E-state index in [0.717, 1.165) is 54.3 Å². The van der Waals surface area contributed by atoms with E-state index in [9.17, 15) is 4.79 Å². The summed E-state index contributed by atoms with van der Waals surface area (Å²) in [6.45, 7) is 0. The lowest BCUT2D eigenvalue weighted by molar-refractivity contribution is 0.941. The van der Waals surface area contributed by atoms with E-state index in [4.69, 9.17) is 0 Å². The molecule has 0 fully saturated rings. The van der Waals surface area contributed by atoms with Gasteiger partial charge in [0.05, 0.1) is 28.5 Å². The molecule has 0 saturated heterocycles. The van der Waals surface area contributed by atoms with Crippen LogP contribution in [-0.4, -0.2) is 15.2 Å². The number of halogens is 1. The van der Waals surface area contributed by atoms with E-state index < -0.39 is 0 Å². The third kappa shape index (κ3) is 2.39. The van der Waals surface area contributed by atoms with Crippen LogP contribution in [0.15, 0.2) is 76.1 Å². The quantitative estimate of drug-likeness (QED) is 0.319. The third-order valence-electron chi connectivity index (χ3n) is 5.64. The number of nitrogens with one attached hydrogen (secondary N) is 3. The molecular weight excluding hydrogens is 428 g/mol. The number of nitrogens with zero attached hydrogens (tertiary/aromatic N) is 1. The standard InChI is InChI=1S/C23H15BrN4O/c24-14-5-3-4-12(10-14)18-19-17(9-8-13-11-25-28-21(13)19)26-22-15-6-1-2-7-16(15)27-23(29)20(18)22/h1-11,18,26H,(H,25,28)(H,27,29). The maximum Gasteiger partial charge on any atom is 0.254 e. The van der Waals surface area contributed by atoms with Crippen molar-refractivity contribution in [1.82, 2.24) is 15.2 Å². The van der Waals surface area contributed by atoms with E-state index in [0.29, 0.717) is 0 Å². The highest BCUT2D eigenvalue weighted by Crippen LogP contribution is 2.47. The van der Waals surface area contributed by atoms with Gasteiger partial charge in [0.2, 0.25) is 0 Å². The van der Waals surface area contributed by atoms with Crippen LogP contribution in [-0.2, 0) is 0 Å². The van der Waals surface area contributed by atoms with Crippen LogP contribution in [0.1, 0.15) is 22.6 Å². The molecular formula is C23H15BrN4O. The smallest absolute Gasteiger partial charge is 0.254 e. The first kappa shape index (κ1) is 16.6. The minimum atomic E-state index is -0.226. The maximum absolute atomic E-state index is 13.3. The highest BCUT2D eigenvalue weighted by molar-refractivity contribution is 9.10. The first-order chi connectivity index (χ1) is 14.2. The number of aromatic amines is 2. The van der Waals surface area contributed by atoms with Gasteiger partial charge < -0.3 is 10.3 Å². The van der Waals surface area contributed by atoms with Gasteiger partial charge in [-0.3, -0.25) is 9.89 Å². The Morgan fingerprint density at radius 3 is 2.76 bits per heavy atom. The van der Waals surface area contributed by atoms with Crippen LogP contribution in [0.25, 0.3) is 21.8 Å². The van der Waals surface area contributed by atoms with Gasteiger partial charge in [0.25, 0.3) is 5.56 Å². The number of fused-ring (bicyclic) bond motifs is 6. The first-order valence-electron chi connectivity index (χ1n) is 9.34. The van der Waals surface area contributed by atoms with E-state index >= 15 is 0 Å². The van der Waals surface area contributed by atoms with Gasteiger partial charge in [0.1, 0.15) is 0 Å². The summed E-state index contributed by atoms with van der Waals surface area (Å²) in [7, 11) is 0. The summed E-state index contributed by atoms with van der Waals surface area (Å²) in [6.07, 6.45) is 1.81. The minimum Gasteiger partial charge on any atom is -0.354 e.